The number of nitrogens with zero attached hydrogens (tertiary/aromatic N) is 7. The van der Waals surface area contributed by atoms with Crippen molar-refractivity contribution in [3.05, 3.63) is 70.3 Å². The van der Waals surface area contributed by atoms with Crippen molar-refractivity contribution < 1.29 is 45.0 Å². The molecule has 1 aliphatic heterocycles. The molecule has 1 atom stereocenters. The Labute approximate surface area is 280 Å². The molecule has 2 fully saturated rings. The highest BCUT2D eigenvalue weighted by Crippen LogP contribution is 2.41. The summed E-state index contributed by atoms with van der Waals surface area (Å²) in [5, 5.41) is 21.4. The predicted molar refractivity (Wildman–Crippen MR) is 165 cm³/mol. The van der Waals surface area contributed by atoms with Crippen molar-refractivity contribution in [2.24, 2.45) is 18.9 Å². The molecule has 2 aromatic heterocycles. The normalized spacial score (nSPS) is 20.1. The van der Waals surface area contributed by atoms with Crippen LogP contribution in [0.25, 0.3) is 10.9 Å². The van der Waals surface area contributed by atoms with Crippen LogP contribution in [0, 0.1) is 23.5 Å². The second-order valence-electron chi connectivity index (χ2n) is 13.1. The van der Waals surface area contributed by atoms with E-state index in [0.29, 0.717) is 30.1 Å². The molecule has 1 unspecified atom stereocenters. The van der Waals surface area contributed by atoms with E-state index in [1.165, 1.54) is 11.9 Å². The van der Waals surface area contributed by atoms with Crippen molar-refractivity contribution in [1.82, 2.24) is 25.2 Å². The zero-order valence-corrected chi connectivity index (χ0v) is 26.8. The van der Waals surface area contributed by atoms with Gasteiger partial charge in [-0.3, -0.25) is 4.79 Å². The number of benzene rings is 2. The van der Waals surface area contributed by atoms with Gasteiger partial charge in [-0.25, -0.2) is 13.8 Å². The van der Waals surface area contributed by atoms with Gasteiger partial charge in [0.15, 0.2) is 11.6 Å². The van der Waals surface area contributed by atoms with Gasteiger partial charge in [0.25, 0.3) is 5.95 Å². The number of pyridine rings is 1. The number of fused-ring (bicyclic) bond motifs is 1. The smallest absolute Gasteiger partial charge is 0.416 e. The Morgan fingerprint density at radius 3 is 2.16 bits per heavy atom. The Balaban J connectivity index is 1.40. The molecule has 17 heteroatoms. The van der Waals surface area contributed by atoms with E-state index in [9.17, 15) is 45.0 Å². The van der Waals surface area contributed by atoms with Gasteiger partial charge in [-0.1, -0.05) is 5.10 Å². The number of carboxylic acid groups (broad SMARTS) is 1. The van der Waals surface area contributed by atoms with Gasteiger partial charge in [-0.15, -0.1) is 5.10 Å². The lowest BCUT2D eigenvalue weighted by molar-refractivity contribution is -0.143. The SMILES string of the molecule is Cn1nnc(N(Cc2cc(C(F)(F)F)cc(C(F)(F)F)c2)Cc2cc3cc(F)c(F)cc3nc2N2CCCC2C2CCC(CC(=O)O)CC2)n1. The molecule has 1 N–H and O–H groups in total. The van der Waals surface area contributed by atoms with Crippen molar-refractivity contribution >= 4 is 28.6 Å². The minimum atomic E-state index is -5.06. The number of rotatable bonds is 9. The second kappa shape index (κ2) is 13.6. The Morgan fingerprint density at radius 2 is 1.56 bits per heavy atom. The van der Waals surface area contributed by atoms with Gasteiger partial charge in [0.2, 0.25) is 0 Å². The number of alkyl halides is 6. The first-order valence-corrected chi connectivity index (χ1v) is 16.1. The maximum atomic E-state index is 14.4. The molecule has 1 saturated carbocycles. The molecule has 1 aliphatic carbocycles. The summed E-state index contributed by atoms with van der Waals surface area (Å²) in [6.45, 7) is -0.124. The lowest BCUT2D eigenvalue weighted by Gasteiger charge is -2.38. The molecule has 0 bridgehead atoms. The summed E-state index contributed by atoms with van der Waals surface area (Å²) in [5.41, 5.74) is -2.67. The van der Waals surface area contributed by atoms with Crippen LogP contribution in [0.3, 0.4) is 0 Å². The summed E-state index contributed by atoms with van der Waals surface area (Å²) >= 11 is 0. The maximum absolute atomic E-state index is 14.4. The molecule has 2 aromatic carbocycles. The number of carbonyl (C=O) groups is 1. The fourth-order valence-corrected chi connectivity index (χ4v) is 7.27. The first kappa shape index (κ1) is 35.3. The third kappa shape index (κ3) is 7.75. The molecule has 50 heavy (non-hydrogen) atoms. The van der Waals surface area contributed by atoms with Crippen molar-refractivity contribution in [2.45, 2.75) is 76.4 Å². The minimum Gasteiger partial charge on any atom is -0.481 e. The van der Waals surface area contributed by atoms with Gasteiger partial charge >= 0.3 is 18.3 Å². The fraction of sp³-hybridized carbons (Fsp3) is 0.485. The Morgan fingerprint density at radius 1 is 0.900 bits per heavy atom. The first-order chi connectivity index (χ1) is 23.5. The van der Waals surface area contributed by atoms with Crippen LogP contribution < -0.4 is 9.80 Å². The number of hydrogen-bond acceptors (Lipinski definition) is 7. The molecule has 0 amide bonds. The molecule has 6 rings (SSSR count). The number of anilines is 2. The van der Waals surface area contributed by atoms with E-state index < -0.39 is 47.6 Å². The van der Waals surface area contributed by atoms with E-state index in [1.54, 1.807) is 6.07 Å². The number of carboxylic acids is 1. The van der Waals surface area contributed by atoms with Crippen LogP contribution in [0.15, 0.2) is 36.4 Å². The first-order valence-electron chi connectivity index (χ1n) is 16.1. The highest BCUT2D eigenvalue weighted by Gasteiger charge is 2.39. The average molecular weight is 712 g/mol. The molecular weight excluding hydrogens is 678 g/mol. The van der Waals surface area contributed by atoms with E-state index in [2.05, 4.69) is 20.3 Å². The highest BCUT2D eigenvalue weighted by atomic mass is 19.4. The summed E-state index contributed by atoms with van der Waals surface area (Å²) in [5.74, 6) is -2.47. The van der Waals surface area contributed by atoms with Crippen LogP contribution in [-0.4, -0.2) is 48.9 Å². The average Bonchev–Trinajstić information content (AvgIpc) is 3.70. The molecule has 4 aromatic rings. The zero-order valence-electron chi connectivity index (χ0n) is 26.8. The third-order valence-corrected chi connectivity index (χ3v) is 9.55. The molecule has 3 heterocycles. The lowest BCUT2D eigenvalue weighted by atomic mass is 9.76. The quantitative estimate of drug-likeness (QED) is 0.178. The van der Waals surface area contributed by atoms with Gasteiger partial charge < -0.3 is 14.9 Å². The van der Waals surface area contributed by atoms with Gasteiger partial charge in [0.05, 0.1) is 23.7 Å². The molecular formula is C33H33F8N7O2. The summed E-state index contributed by atoms with van der Waals surface area (Å²) in [4.78, 5) is 20.6. The van der Waals surface area contributed by atoms with Crippen LogP contribution in [0.5, 0.6) is 0 Å². The molecule has 9 nitrogen and oxygen atoms in total. The van der Waals surface area contributed by atoms with Gasteiger partial charge in [-0.2, -0.15) is 31.1 Å². The van der Waals surface area contributed by atoms with Crippen LogP contribution in [0.1, 0.15) is 67.2 Å². The second-order valence-corrected chi connectivity index (χ2v) is 13.1. The van der Waals surface area contributed by atoms with Crippen molar-refractivity contribution in [1.29, 1.82) is 0 Å². The number of halogens is 8. The third-order valence-electron chi connectivity index (χ3n) is 9.55. The number of aliphatic carboxylic acids is 1. The number of tetrazole rings is 1. The number of aryl methyl sites for hydroxylation is 1. The van der Waals surface area contributed by atoms with E-state index in [4.69, 9.17) is 4.98 Å². The van der Waals surface area contributed by atoms with Crippen molar-refractivity contribution in [2.75, 3.05) is 16.3 Å². The molecule has 0 spiro atoms. The van der Waals surface area contributed by atoms with E-state index >= 15 is 0 Å². The summed E-state index contributed by atoms with van der Waals surface area (Å²) < 4.78 is 111. The van der Waals surface area contributed by atoms with Crippen LogP contribution >= 0.6 is 0 Å². The number of aromatic nitrogens is 5. The molecule has 268 valence electrons. The predicted octanol–water partition coefficient (Wildman–Crippen LogP) is 7.53. The van der Waals surface area contributed by atoms with Crippen LogP contribution in [0.2, 0.25) is 0 Å². The Bertz CT molecular complexity index is 1840. The molecule has 0 radical (unpaired) electrons. The maximum Gasteiger partial charge on any atom is 0.416 e. The summed E-state index contributed by atoms with van der Waals surface area (Å²) in [6, 6.07) is 4.83. The van der Waals surface area contributed by atoms with Gasteiger partial charge in [0, 0.05) is 49.1 Å². The van der Waals surface area contributed by atoms with E-state index in [0.717, 1.165) is 55.5 Å². The van der Waals surface area contributed by atoms with E-state index in [1.807, 2.05) is 0 Å². The molecule has 1 saturated heterocycles. The Kier molecular flexibility index (Phi) is 9.61. The van der Waals surface area contributed by atoms with Crippen LogP contribution in [-0.2, 0) is 37.3 Å². The largest absolute Gasteiger partial charge is 0.481 e. The topological polar surface area (TPSA) is 100 Å². The fourth-order valence-electron chi connectivity index (χ4n) is 7.27. The van der Waals surface area contributed by atoms with Crippen molar-refractivity contribution in [3.63, 3.8) is 0 Å². The van der Waals surface area contributed by atoms with Gasteiger partial charge in [-0.05, 0) is 91.5 Å². The Hall–Kier alpha value is -4.57. The van der Waals surface area contributed by atoms with E-state index in [-0.39, 0.29) is 59.3 Å². The highest BCUT2D eigenvalue weighted by molar-refractivity contribution is 5.82. The summed E-state index contributed by atoms with van der Waals surface area (Å²) in [6.07, 6.45) is -5.37. The number of hydrogen-bond donors (Lipinski definition) is 1. The monoisotopic (exact) mass is 711 g/mol. The van der Waals surface area contributed by atoms with Crippen molar-refractivity contribution in [3.8, 4) is 0 Å². The standard InChI is InChI=1S/C33H33F8N7O2/c1-46-44-31(43-45-46)47(16-19-9-23(32(36,37)38)14-24(10-19)33(39,40)41)17-22-12-21-13-25(34)26(35)15-27(21)42-30(22)48-8-2-3-28(48)20-6-4-18(5-7-20)11-29(49)50/h9-10,12-15,18,20,28H,2-8,11,16-17H2,1H3,(H,49,50). The zero-order chi connectivity index (χ0) is 36.0. The minimum absolute atomic E-state index is 0.0179. The lowest BCUT2D eigenvalue weighted by Crippen LogP contribution is -2.39. The summed E-state index contributed by atoms with van der Waals surface area (Å²) in [7, 11) is 1.45. The molecule has 2 aliphatic rings. The van der Waals surface area contributed by atoms with Crippen LogP contribution in [0.4, 0.5) is 46.9 Å². The van der Waals surface area contributed by atoms with Gasteiger partial charge in [0.1, 0.15) is 5.82 Å².